The van der Waals surface area contributed by atoms with Crippen molar-refractivity contribution < 1.29 is 9.47 Å². The van der Waals surface area contributed by atoms with E-state index in [1.165, 1.54) is 32.1 Å². The number of hydrogen-bond acceptors (Lipinski definition) is 3. The number of hydrogen-bond donors (Lipinski definition) is 1. The minimum Gasteiger partial charge on any atom is -0.493 e. The first-order valence-electron chi connectivity index (χ1n) is 7.36. The number of ether oxygens (including phenoxy) is 2. The number of benzene rings is 1. The average molecular weight is 263 g/mol. The van der Waals surface area contributed by atoms with Crippen molar-refractivity contribution in [1.29, 1.82) is 0 Å². The number of nitrogens with one attached hydrogen (secondary N) is 1. The Morgan fingerprint density at radius 3 is 2.58 bits per heavy atom. The predicted molar refractivity (Wildman–Crippen MR) is 77.9 cm³/mol. The van der Waals surface area contributed by atoms with Crippen LogP contribution in [0.1, 0.15) is 32.1 Å². The molecule has 0 aromatic heterocycles. The van der Waals surface area contributed by atoms with Crippen LogP contribution in [0.4, 0.5) is 0 Å². The summed E-state index contributed by atoms with van der Waals surface area (Å²) in [4.78, 5) is 0. The largest absolute Gasteiger partial charge is 0.493 e. The van der Waals surface area contributed by atoms with Crippen LogP contribution in [0.3, 0.4) is 0 Å². The molecule has 0 aliphatic heterocycles. The maximum Gasteiger partial charge on any atom is 0.161 e. The standard InChI is InChI=1S/C16H25NO2/c1-18-15-9-5-6-10-16(15)19-12-11-17-13-14-7-3-2-4-8-14/h5-6,9-10,14,17H,2-4,7-8,11-13H2,1H3. The lowest BCUT2D eigenvalue weighted by Crippen LogP contribution is -2.28. The topological polar surface area (TPSA) is 30.5 Å². The Balaban J connectivity index is 1.61. The molecule has 3 nitrogen and oxygen atoms in total. The van der Waals surface area contributed by atoms with Crippen LogP contribution in [0.5, 0.6) is 11.5 Å². The molecule has 0 unspecified atom stereocenters. The van der Waals surface area contributed by atoms with Gasteiger partial charge in [0.15, 0.2) is 11.5 Å². The SMILES string of the molecule is COc1ccccc1OCCNCC1CCCCC1. The van der Waals surface area contributed by atoms with Crippen molar-refractivity contribution in [2.75, 3.05) is 26.8 Å². The first-order chi connectivity index (χ1) is 9.40. The molecule has 3 heteroatoms. The van der Waals surface area contributed by atoms with Gasteiger partial charge in [0.1, 0.15) is 6.61 Å². The molecular formula is C16H25NO2. The lowest BCUT2D eigenvalue weighted by atomic mass is 9.89. The van der Waals surface area contributed by atoms with E-state index in [2.05, 4.69) is 5.32 Å². The second kappa shape index (κ2) is 8.05. The molecule has 0 atom stereocenters. The van der Waals surface area contributed by atoms with Crippen LogP contribution in [-0.4, -0.2) is 26.8 Å². The molecule has 1 saturated carbocycles. The lowest BCUT2D eigenvalue weighted by Gasteiger charge is -2.21. The Hall–Kier alpha value is -1.22. The Kier molecular flexibility index (Phi) is 6.02. The van der Waals surface area contributed by atoms with E-state index in [1.54, 1.807) is 7.11 Å². The van der Waals surface area contributed by atoms with Crippen molar-refractivity contribution in [2.24, 2.45) is 5.92 Å². The highest BCUT2D eigenvalue weighted by Crippen LogP contribution is 2.25. The van der Waals surface area contributed by atoms with E-state index in [0.29, 0.717) is 6.61 Å². The molecule has 0 bridgehead atoms. The zero-order valence-corrected chi connectivity index (χ0v) is 11.9. The third kappa shape index (κ3) is 4.75. The van der Waals surface area contributed by atoms with Crippen LogP contribution >= 0.6 is 0 Å². The van der Waals surface area contributed by atoms with E-state index in [-0.39, 0.29) is 0 Å². The summed E-state index contributed by atoms with van der Waals surface area (Å²) in [6, 6.07) is 7.78. The van der Waals surface area contributed by atoms with E-state index in [1.807, 2.05) is 24.3 Å². The Bertz CT molecular complexity index is 362. The third-order valence-electron chi connectivity index (χ3n) is 3.76. The second-order valence-electron chi connectivity index (χ2n) is 5.21. The summed E-state index contributed by atoms with van der Waals surface area (Å²) >= 11 is 0. The molecule has 0 radical (unpaired) electrons. The molecule has 1 aromatic carbocycles. The Morgan fingerprint density at radius 1 is 1.11 bits per heavy atom. The molecule has 0 heterocycles. The summed E-state index contributed by atoms with van der Waals surface area (Å²) in [5, 5.41) is 3.50. The summed E-state index contributed by atoms with van der Waals surface area (Å²) < 4.78 is 11.0. The molecule has 1 aromatic rings. The normalized spacial score (nSPS) is 16.3. The van der Waals surface area contributed by atoms with Crippen LogP contribution in [0.15, 0.2) is 24.3 Å². The maximum absolute atomic E-state index is 5.73. The third-order valence-corrected chi connectivity index (χ3v) is 3.76. The van der Waals surface area contributed by atoms with Crippen molar-refractivity contribution in [2.45, 2.75) is 32.1 Å². The first-order valence-corrected chi connectivity index (χ1v) is 7.36. The fourth-order valence-electron chi connectivity index (χ4n) is 2.67. The van der Waals surface area contributed by atoms with Gasteiger partial charge in [0.2, 0.25) is 0 Å². The summed E-state index contributed by atoms with van der Waals surface area (Å²) in [6.07, 6.45) is 7.02. The molecule has 1 fully saturated rings. The predicted octanol–water partition coefficient (Wildman–Crippen LogP) is 3.24. The Labute approximate surface area is 116 Å². The molecule has 19 heavy (non-hydrogen) atoms. The van der Waals surface area contributed by atoms with Gasteiger partial charge in [-0.2, -0.15) is 0 Å². The van der Waals surface area contributed by atoms with Gasteiger partial charge >= 0.3 is 0 Å². The monoisotopic (exact) mass is 263 g/mol. The molecular weight excluding hydrogens is 238 g/mol. The Morgan fingerprint density at radius 2 is 1.84 bits per heavy atom. The van der Waals surface area contributed by atoms with Gasteiger partial charge in [-0.1, -0.05) is 31.4 Å². The molecule has 1 aliphatic rings. The molecule has 0 amide bonds. The van der Waals surface area contributed by atoms with Crippen molar-refractivity contribution >= 4 is 0 Å². The highest BCUT2D eigenvalue weighted by atomic mass is 16.5. The summed E-state index contributed by atoms with van der Waals surface area (Å²) in [5.74, 6) is 2.50. The first kappa shape index (κ1) is 14.2. The molecule has 2 rings (SSSR count). The smallest absolute Gasteiger partial charge is 0.161 e. The quantitative estimate of drug-likeness (QED) is 0.766. The number of rotatable bonds is 7. The van der Waals surface area contributed by atoms with E-state index in [9.17, 15) is 0 Å². The fraction of sp³-hybridized carbons (Fsp3) is 0.625. The van der Waals surface area contributed by atoms with Gasteiger partial charge in [-0.15, -0.1) is 0 Å². The molecule has 1 N–H and O–H groups in total. The highest BCUT2D eigenvalue weighted by molar-refractivity contribution is 5.39. The molecule has 0 spiro atoms. The van der Waals surface area contributed by atoms with Gasteiger partial charge < -0.3 is 14.8 Å². The zero-order valence-electron chi connectivity index (χ0n) is 11.9. The van der Waals surface area contributed by atoms with Crippen molar-refractivity contribution in [3.63, 3.8) is 0 Å². The van der Waals surface area contributed by atoms with Crippen molar-refractivity contribution in [3.8, 4) is 11.5 Å². The molecule has 106 valence electrons. The van der Waals surface area contributed by atoms with Crippen molar-refractivity contribution in [1.82, 2.24) is 5.32 Å². The maximum atomic E-state index is 5.73. The second-order valence-corrected chi connectivity index (χ2v) is 5.21. The van der Waals surface area contributed by atoms with Gasteiger partial charge in [0, 0.05) is 6.54 Å². The fourth-order valence-corrected chi connectivity index (χ4v) is 2.67. The van der Waals surface area contributed by atoms with Gasteiger partial charge in [-0.3, -0.25) is 0 Å². The zero-order chi connectivity index (χ0) is 13.3. The van der Waals surface area contributed by atoms with Gasteiger partial charge in [0.25, 0.3) is 0 Å². The lowest BCUT2D eigenvalue weighted by molar-refractivity contribution is 0.281. The van der Waals surface area contributed by atoms with Crippen LogP contribution in [0.25, 0.3) is 0 Å². The molecule has 1 aliphatic carbocycles. The van der Waals surface area contributed by atoms with Crippen LogP contribution in [0, 0.1) is 5.92 Å². The highest BCUT2D eigenvalue weighted by Gasteiger charge is 2.12. The van der Waals surface area contributed by atoms with E-state index in [0.717, 1.165) is 30.5 Å². The summed E-state index contributed by atoms with van der Waals surface area (Å²) in [6.45, 7) is 2.72. The summed E-state index contributed by atoms with van der Waals surface area (Å²) in [7, 11) is 1.67. The van der Waals surface area contributed by atoms with E-state index < -0.39 is 0 Å². The average Bonchev–Trinajstić information content (AvgIpc) is 2.48. The van der Waals surface area contributed by atoms with E-state index >= 15 is 0 Å². The van der Waals surface area contributed by atoms with Crippen LogP contribution in [-0.2, 0) is 0 Å². The van der Waals surface area contributed by atoms with Gasteiger partial charge in [-0.05, 0) is 37.4 Å². The van der Waals surface area contributed by atoms with Crippen LogP contribution < -0.4 is 14.8 Å². The number of para-hydroxylation sites is 2. The van der Waals surface area contributed by atoms with Crippen LogP contribution in [0.2, 0.25) is 0 Å². The molecule has 0 saturated heterocycles. The summed E-state index contributed by atoms with van der Waals surface area (Å²) in [5.41, 5.74) is 0. The minimum absolute atomic E-state index is 0.688. The van der Waals surface area contributed by atoms with Crippen molar-refractivity contribution in [3.05, 3.63) is 24.3 Å². The number of methoxy groups -OCH3 is 1. The van der Waals surface area contributed by atoms with Gasteiger partial charge in [0.05, 0.1) is 7.11 Å². The van der Waals surface area contributed by atoms with E-state index in [4.69, 9.17) is 9.47 Å². The van der Waals surface area contributed by atoms with Gasteiger partial charge in [-0.25, -0.2) is 0 Å². The minimum atomic E-state index is 0.688.